The topological polar surface area (TPSA) is 81.3 Å². The van der Waals surface area contributed by atoms with Crippen LogP contribution in [0.4, 0.5) is 4.39 Å². The Balaban J connectivity index is 2.83. The molecule has 6 heteroatoms. The number of halogens is 1. The lowest BCUT2D eigenvalue weighted by atomic mass is 10.0. The molecule has 2 N–H and O–H groups in total. The first-order chi connectivity index (χ1) is 8.43. The Labute approximate surface area is 108 Å². The maximum Gasteiger partial charge on any atom is 0.185 e. The van der Waals surface area contributed by atoms with Crippen LogP contribution in [0.25, 0.3) is 0 Å². The van der Waals surface area contributed by atoms with Crippen molar-refractivity contribution in [3.63, 3.8) is 0 Å². The Hall–Kier alpha value is -1.42. The lowest BCUT2D eigenvalue weighted by Crippen LogP contribution is -2.21. The van der Waals surface area contributed by atoms with E-state index >= 15 is 0 Å². The van der Waals surface area contributed by atoms with E-state index in [2.05, 4.69) is 0 Å². The molecule has 4 nitrogen and oxygen atoms in total. The highest BCUT2D eigenvalue weighted by Crippen LogP contribution is 2.22. The third kappa shape index (κ3) is 4.11. The van der Waals surface area contributed by atoms with E-state index in [1.165, 1.54) is 13.0 Å². The number of hydrogen-bond acceptors (Lipinski definition) is 5. The molecule has 0 aliphatic rings. The number of hydrogen-bond donors (Lipinski definition) is 2. The van der Waals surface area contributed by atoms with Crippen molar-refractivity contribution in [1.29, 1.82) is 5.26 Å². The van der Waals surface area contributed by atoms with E-state index in [0.29, 0.717) is 0 Å². The van der Waals surface area contributed by atoms with Crippen LogP contribution < -0.4 is 0 Å². The zero-order chi connectivity index (χ0) is 13.7. The summed E-state index contributed by atoms with van der Waals surface area (Å²) in [7, 11) is 0. The van der Waals surface area contributed by atoms with Crippen LogP contribution in [0.3, 0.4) is 0 Å². The van der Waals surface area contributed by atoms with Gasteiger partial charge in [-0.15, -0.1) is 0 Å². The molecule has 0 aliphatic carbocycles. The minimum atomic E-state index is -1.33. The molecule has 1 rings (SSSR count). The Morgan fingerprint density at radius 2 is 2.17 bits per heavy atom. The summed E-state index contributed by atoms with van der Waals surface area (Å²) in [4.78, 5) is 10.7. The van der Waals surface area contributed by atoms with E-state index in [9.17, 15) is 19.4 Å². The molecule has 2 unspecified atom stereocenters. The van der Waals surface area contributed by atoms with E-state index in [-0.39, 0.29) is 22.0 Å². The molecule has 96 valence electrons. The summed E-state index contributed by atoms with van der Waals surface area (Å²) in [6.45, 7) is 1.35. The molecular formula is C12H12FNO3S. The lowest BCUT2D eigenvalue weighted by molar-refractivity contribution is -0.109. The molecule has 0 saturated carbocycles. The molecule has 0 fully saturated rings. The van der Waals surface area contributed by atoms with Gasteiger partial charge in [0.05, 0.1) is 17.7 Å². The van der Waals surface area contributed by atoms with Gasteiger partial charge in [-0.25, -0.2) is 4.39 Å². The van der Waals surface area contributed by atoms with E-state index in [1.807, 2.05) is 0 Å². The first kappa shape index (κ1) is 14.6. The second-order valence-corrected chi connectivity index (χ2v) is 4.90. The first-order valence-electron chi connectivity index (χ1n) is 5.14. The van der Waals surface area contributed by atoms with Crippen LogP contribution in [0.1, 0.15) is 24.2 Å². The van der Waals surface area contributed by atoms with Crippen molar-refractivity contribution < 1.29 is 19.4 Å². The van der Waals surface area contributed by atoms with Crippen molar-refractivity contribution in [3.8, 4) is 6.07 Å². The van der Waals surface area contributed by atoms with Gasteiger partial charge in [0.25, 0.3) is 0 Å². The van der Waals surface area contributed by atoms with E-state index in [0.717, 1.165) is 23.9 Å². The summed E-state index contributed by atoms with van der Waals surface area (Å²) in [5, 5.41) is 27.9. The standard InChI is InChI=1S/C12H12FNO3S/c1-7(15)18-6-11(16)12(17)9-2-8(5-14)3-10(13)4-9/h2-4,11-12,16-17H,6H2,1H3. The number of rotatable bonds is 4. The molecule has 0 amide bonds. The highest BCUT2D eigenvalue weighted by atomic mass is 32.2. The Bertz CT molecular complexity index is 487. The number of carbonyl (C=O) groups is 1. The van der Waals surface area contributed by atoms with Crippen LogP contribution in [0, 0.1) is 17.1 Å². The normalized spacial score (nSPS) is 13.7. The molecule has 1 aromatic carbocycles. The third-order valence-electron chi connectivity index (χ3n) is 2.21. The maximum atomic E-state index is 13.1. The molecule has 0 aromatic heterocycles. The van der Waals surface area contributed by atoms with Crippen molar-refractivity contribution in [2.24, 2.45) is 0 Å². The van der Waals surface area contributed by atoms with Crippen LogP contribution in [-0.4, -0.2) is 27.2 Å². The number of thioether (sulfide) groups is 1. The fourth-order valence-corrected chi connectivity index (χ4v) is 1.95. The average Bonchev–Trinajstić information content (AvgIpc) is 2.34. The summed E-state index contributed by atoms with van der Waals surface area (Å²) in [6.07, 6.45) is -2.54. The summed E-state index contributed by atoms with van der Waals surface area (Å²) < 4.78 is 13.1. The van der Waals surface area contributed by atoms with Gasteiger partial charge in [-0.2, -0.15) is 5.26 Å². The number of nitrogens with zero attached hydrogens (tertiary/aromatic N) is 1. The molecule has 18 heavy (non-hydrogen) atoms. The van der Waals surface area contributed by atoms with Gasteiger partial charge < -0.3 is 10.2 Å². The number of carbonyl (C=O) groups excluding carboxylic acids is 1. The average molecular weight is 269 g/mol. The number of nitriles is 1. The summed E-state index contributed by atoms with van der Waals surface area (Å²) in [6, 6.07) is 5.14. The molecule has 0 spiro atoms. The second kappa shape index (κ2) is 6.50. The van der Waals surface area contributed by atoms with Crippen molar-refractivity contribution in [3.05, 3.63) is 35.1 Å². The van der Waals surface area contributed by atoms with Gasteiger partial charge in [-0.05, 0) is 23.8 Å². The lowest BCUT2D eigenvalue weighted by Gasteiger charge is -2.17. The zero-order valence-corrected chi connectivity index (χ0v) is 10.4. The molecule has 0 saturated heterocycles. The molecular weight excluding hydrogens is 257 g/mol. The van der Waals surface area contributed by atoms with Gasteiger partial charge >= 0.3 is 0 Å². The summed E-state index contributed by atoms with van der Waals surface area (Å²) in [5.41, 5.74) is 0.179. The van der Waals surface area contributed by atoms with Crippen molar-refractivity contribution >= 4 is 16.9 Å². The fraction of sp³-hybridized carbons (Fsp3) is 0.333. The second-order valence-electron chi connectivity index (χ2n) is 3.70. The van der Waals surface area contributed by atoms with Crippen molar-refractivity contribution in [2.75, 3.05) is 5.75 Å². The fourth-order valence-electron chi connectivity index (χ4n) is 1.36. The van der Waals surface area contributed by atoms with E-state index < -0.39 is 18.0 Å². The molecule has 0 bridgehead atoms. The minimum Gasteiger partial charge on any atom is -0.389 e. The summed E-state index contributed by atoms with van der Waals surface area (Å²) >= 11 is 0.869. The number of benzene rings is 1. The first-order valence-corrected chi connectivity index (χ1v) is 6.12. The van der Waals surface area contributed by atoms with Gasteiger partial charge in [0, 0.05) is 12.7 Å². The van der Waals surface area contributed by atoms with E-state index in [4.69, 9.17) is 5.26 Å². The number of aliphatic hydroxyl groups is 2. The van der Waals surface area contributed by atoms with Crippen molar-refractivity contribution in [2.45, 2.75) is 19.1 Å². The zero-order valence-electron chi connectivity index (χ0n) is 9.63. The van der Waals surface area contributed by atoms with E-state index in [1.54, 1.807) is 6.07 Å². The smallest absolute Gasteiger partial charge is 0.185 e. The van der Waals surface area contributed by atoms with Gasteiger partial charge in [-0.3, -0.25) is 4.79 Å². The Morgan fingerprint density at radius 1 is 1.50 bits per heavy atom. The molecule has 2 atom stereocenters. The van der Waals surface area contributed by atoms with Crippen LogP contribution >= 0.6 is 11.8 Å². The van der Waals surface area contributed by atoms with Gasteiger partial charge in [0.1, 0.15) is 11.9 Å². The van der Waals surface area contributed by atoms with Gasteiger partial charge in [-0.1, -0.05) is 11.8 Å². The predicted molar refractivity (Wildman–Crippen MR) is 65.2 cm³/mol. The highest BCUT2D eigenvalue weighted by molar-refractivity contribution is 8.13. The molecule has 0 radical (unpaired) electrons. The monoisotopic (exact) mass is 269 g/mol. The van der Waals surface area contributed by atoms with Crippen LogP contribution in [-0.2, 0) is 4.79 Å². The number of aliphatic hydroxyl groups excluding tert-OH is 2. The molecule has 1 aromatic rings. The maximum absolute atomic E-state index is 13.1. The third-order valence-corrected chi connectivity index (χ3v) is 3.13. The van der Waals surface area contributed by atoms with Crippen molar-refractivity contribution in [1.82, 2.24) is 0 Å². The summed E-state index contributed by atoms with van der Waals surface area (Å²) in [5.74, 6) is -0.649. The van der Waals surface area contributed by atoms with Crippen LogP contribution in [0.2, 0.25) is 0 Å². The molecule has 0 aliphatic heterocycles. The van der Waals surface area contributed by atoms with Crippen LogP contribution in [0.15, 0.2) is 18.2 Å². The van der Waals surface area contributed by atoms with Gasteiger partial charge in [0.15, 0.2) is 5.12 Å². The van der Waals surface area contributed by atoms with Gasteiger partial charge in [0.2, 0.25) is 0 Å². The highest BCUT2D eigenvalue weighted by Gasteiger charge is 2.20. The SMILES string of the molecule is CC(=O)SCC(O)C(O)c1cc(F)cc(C#N)c1. The largest absolute Gasteiger partial charge is 0.389 e. The Morgan fingerprint density at radius 3 is 2.72 bits per heavy atom. The Kier molecular flexibility index (Phi) is 5.28. The predicted octanol–water partition coefficient (Wildman–Crippen LogP) is 1.37. The van der Waals surface area contributed by atoms with Crippen LogP contribution in [0.5, 0.6) is 0 Å². The minimum absolute atomic E-state index is 0.00883. The quantitative estimate of drug-likeness (QED) is 0.862. The molecule has 0 heterocycles.